The van der Waals surface area contributed by atoms with E-state index < -0.39 is 0 Å². The molecular formula is C16H18ClN3S. The van der Waals surface area contributed by atoms with E-state index in [0.29, 0.717) is 13.1 Å². The lowest BCUT2D eigenvalue weighted by Crippen LogP contribution is -2.38. The second-order valence-electron chi connectivity index (χ2n) is 4.64. The molecule has 2 rings (SSSR count). The fourth-order valence-corrected chi connectivity index (χ4v) is 2.48. The maximum absolute atomic E-state index is 6.25. The number of nitrogens with zero attached hydrogens (tertiary/aromatic N) is 2. The van der Waals surface area contributed by atoms with Gasteiger partial charge in [0.25, 0.3) is 0 Å². The summed E-state index contributed by atoms with van der Waals surface area (Å²) in [5.74, 6) is 0. The lowest BCUT2D eigenvalue weighted by Gasteiger charge is -2.26. The van der Waals surface area contributed by atoms with E-state index in [4.69, 9.17) is 23.8 Å². The highest BCUT2D eigenvalue weighted by atomic mass is 35.5. The summed E-state index contributed by atoms with van der Waals surface area (Å²) >= 11 is 11.7. The first-order valence-corrected chi connectivity index (χ1v) is 7.64. The number of thiocarbonyl (C=S) groups is 1. The van der Waals surface area contributed by atoms with Gasteiger partial charge in [-0.05, 0) is 42.4 Å². The molecule has 21 heavy (non-hydrogen) atoms. The van der Waals surface area contributed by atoms with Crippen molar-refractivity contribution in [2.45, 2.75) is 20.0 Å². The third-order valence-electron chi connectivity index (χ3n) is 3.03. The number of hydrogen-bond acceptors (Lipinski definition) is 2. The van der Waals surface area contributed by atoms with Crippen molar-refractivity contribution in [3.63, 3.8) is 0 Å². The topological polar surface area (TPSA) is 28.2 Å². The van der Waals surface area contributed by atoms with Crippen LogP contribution >= 0.6 is 23.8 Å². The molecule has 1 heterocycles. The van der Waals surface area contributed by atoms with Crippen molar-refractivity contribution in [1.82, 2.24) is 15.2 Å². The number of hydrogen-bond donors (Lipinski definition) is 1. The van der Waals surface area contributed by atoms with Crippen molar-refractivity contribution in [2.75, 3.05) is 6.54 Å². The van der Waals surface area contributed by atoms with Gasteiger partial charge in [0, 0.05) is 37.1 Å². The minimum absolute atomic E-state index is 0.667. The average molecular weight is 320 g/mol. The van der Waals surface area contributed by atoms with Gasteiger partial charge in [-0.2, -0.15) is 0 Å². The van der Waals surface area contributed by atoms with Crippen LogP contribution in [0, 0.1) is 0 Å². The van der Waals surface area contributed by atoms with Crippen LogP contribution in [-0.4, -0.2) is 21.5 Å². The molecule has 0 bridgehead atoms. The van der Waals surface area contributed by atoms with Gasteiger partial charge >= 0.3 is 0 Å². The molecule has 0 unspecified atom stereocenters. The standard InChI is InChI=1S/C16H18ClN3S/c1-2-19-16(21)20(11-13-6-5-9-18-10-13)12-14-7-3-4-8-15(14)17/h3-10H,2,11-12H2,1H3,(H,19,21). The molecule has 0 saturated carbocycles. The molecule has 0 aliphatic rings. The molecule has 3 nitrogen and oxygen atoms in total. The summed E-state index contributed by atoms with van der Waals surface area (Å²) in [6.45, 7) is 4.19. The predicted molar refractivity (Wildman–Crippen MR) is 91.2 cm³/mol. The fourth-order valence-electron chi connectivity index (χ4n) is 2.01. The highest BCUT2D eigenvalue weighted by Gasteiger charge is 2.12. The number of rotatable bonds is 5. The van der Waals surface area contributed by atoms with Crippen molar-refractivity contribution in [1.29, 1.82) is 0 Å². The lowest BCUT2D eigenvalue weighted by molar-refractivity contribution is 0.399. The third-order valence-corrected chi connectivity index (χ3v) is 3.80. The Kier molecular flexibility index (Phi) is 5.96. The van der Waals surface area contributed by atoms with Crippen molar-refractivity contribution < 1.29 is 0 Å². The number of benzene rings is 1. The maximum Gasteiger partial charge on any atom is 0.169 e. The van der Waals surface area contributed by atoms with Gasteiger partial charge in [-0.25, -0.2) is 0 Å². The average Bonchev–Trinajstić information content (AvgIpc) is 2.50. The number of aromatic nitrogens is 1. The molecule has 0 radical (unpaired) electrons. The summed E-state index contributed by atoms with van der Waals surface area (Å²) < 4.78 is 0. The lowest BCUT2D eigenvalue weighted by atomic mass is 10.2. The summed E-state index contributed by atoms with van der Waals surface area (Å²) in [7, 11) is 0. The van der Waals surface area contributed by atoms with Crippen LogP contribution in [0.15, 0.2) is 48.8 Å². The molecular weight excluding hydrogens is 302 g/mol. The molecule has 0 amide bonds. The molecule has 1 aromatic heterocycles. The normalized spacial score (nSPS) is 10.2. The molecule has 0 aliphatic heterocycles. The number of nitrogens with one attached hydrogen (secondary N) is 1. The van der Waals surface area contributed by atoms with Gasteiger partial charge < -0.3 is 10.2 Å². The largest absolute Gasteiger partial charge is 0.363 e. The van der Waals surface area contributed by atoms with E-state index in [1.807, 2.05) is 49.5 Å². The van der Waals surface area contributed by atoms with Crippen LogP contribution in [-0.2, 0) is 13.1 Å². The van der Waals surface area contributed by atoms with Crippen LogP contribution in [0.4, 0.5) is 0 Å². The fraction of sp³-hybridized carbons (Fsp3) is 0.250. The van der Waals surface area contributed by atoms with Gasteiger partial charge in [-0.15, -0.1) is 0 Å². The van der Waals surface area contributed by atoms with Crippen molar-refractivity contribution in [3.05, 3.63) is 64.9 Å². The molecule has 0 saturated heterocycles. The first kappa shape index (κ1) is 15.7. The SMILES string of the molecule is CCNC(=S)N(Cc1cccnc1)Cc1ccccc1Cl. The summed E-state index contributed by atoms with van der Waals surface area (Å²) in [4.78, 5) is 6.25. The van der Waals surface area contributed by atoms with E-state index in [0.717, 1.165) is 27.8 Å². The molecule has 2 aromatic rings. The maximum atomic E-state index is 6.25. The van der Waals surface area contributed by atoms with Gasteiger partial charge in [0.05, 0.1) is 0 Å². The minimum Gasteiger partial charge on any atom is -0.363 e. The molecule has 0 aliphatic carbocycles. The van der Waals surface area contributed by atoms with Gasteiger partial charge in [0.15, 0.2) is 5.11 Å². The smallest absolute Gasteiger partial charge is 0.169 e. The van der Waals surface area contributed by atoms with Crippen LogP contribution in [0.5, 0.6) is 0 Å². The number of halogens is 1. The van der Waals surface area contributed by atoms with E-state index in [2.05, 4.69) is 15.2 Å². The van der Waals surface area contributed by atoms with Crippen LogP contribution < -0.4 is 5.32 Å². The van der Waals surface area contributed by atoms with E-state index in [1.54, 1.807) is 6.20 Å². The number of pyridine rings is 1. The first-order valence-electron chi connectivity index (χ1n) is 6.85. The third kappa shape index (κ3) is 4.69. The second-order valence-corrected chi connectivity index (χ2v) is 5.44. The Morgan fingerprint density at radius 1 is 1.24 bits per heavy atom. The molecule has 0 fully saturated rings. The Labute approximate surface area is 136 Å². The Balaban J connectivity index is 2.16. The first-order chi connectivity index (χ1) is 10.2. The van der Waals surface area contributed by atoms with Crippen LogP contribution in [0.3, 0.4) is 0 Å². The predicted octanol–water partition coefficient (Wildman–Crippen LogP) is 3.63. The van der Waals surface area contributed by atoms with Crippen molar-refractivity contribution >= 4 is 28.9 Å². The van der Waals surface area contributed by atoms with Crippen molar-refractivity contribution in [2.24, 2.45) is 0 Å². The van der Waals surface area contributed by atoms with Gasteiger partial charge in [0.2, 0.25) is 0 Å². The Morgan fingerprint density at radius 3 is 2.71 bits per heavy atom. The molecule has 110 valence electrons. The molecule has 5 heteroatoms. The van der Waals surface area contributed by atoms with E-state index >= 15 is 0 Å². The van der Waals surface area contributed by atoms with Gasteiger partial charge in [-0.1, -0.05) is 35.9 Å². The van der Waals surface area contributed by atoms with E-state index in [1.165, 1.54) is 0 Å². The zero-order valence-electron chi connectivity index (χ0n) is 11.9. The Bertz CT molecular complexity index is 589. The Hall–Kier alpha value is -1.65. The van der Waals surface area contributed by atoms with Gasteiger partial charge in [0.1, 0.15) is 0 Å². The van der Waals surface area contributed by atoms with E-state index in [9.17, 15) is 0 Å². The zero-order valence-corrected chi connectivity index (χ0v) is 13.5. The van der Waals surface area contributed by atoms with Crippen LogP contribution in [0.25, 0.3) is 0 Å². The second kappa shape index (κ2) is 7.96. The molecule has 1 N–H and O–H groups in total. The Morgan fingerprint density at radius 2 is 2.05 bits per heavy atom. The van der Waals surface area contributed by atoms with E-state index in [-0.39, 0.29) is 0 Å². The van der Waals surface area contributed by atoms with Gasteiger partial charge in [-0.3, -0.25) is 4.98 Å². The molecule has 0 atom stereocenters. The summed E-state index contributed by atoms with van der Waals surface area (Å²) in [6, 6.07) is 11.8. The van der Waals surface area contributed by atoms with Crippen LogP contribution in [0.1, 0.15) is 18.1 Å². The summed E-state index contributed by atoms with van der Waals surface area (Å²) in [5.41, 5.74) is 2.17. The quantitative estimate of drug-likeness (QED) is 0.852. The molecule has 0 spiro atoms. The summed E-state index contributed by atoms with van der Waals surface area (Å²) in [5, 5.41) is 4.68. The minimum atomic E-state index is 0.667. The molecule has 1 aromatic carbocycles. The highest BCUT2D eigenvalue weighted by molar-refractivity contribution is 7.80. The van der Waals surface area contributed by atoms with Crippen LogP contribution in [0.2, 0.25) is 5.02 Å². The monoisotopic (exact) mass is 319 g/mol. The van der Waals surface area contributed by atoms with Crippen molar-refractivity contribution in [3.8, 4) is 0 Å². The zero-order chi connectivity index (χ0) is 15.1. The highest BCUT2D eigenvalue weighted by Crippen LogP contribution is 2.18. The summed E-state index contributed by atoms with van der Waals surface area (Å²) in [6.07, 6.45) is 3.62.